The van der Waals surface area contributed by atoms with Gasteiger partial charge < -0.3 is 5.32 Å². The molecule has 0 aliphatic carbocycles. The number of benzene rings is 1. The fourth-order valence-electron chi connectivity index (χ4n) is 1.54. The van der Waals surface area contributed by atoms with Gasteiger partial charge in [-0.1, -0.05) is 0 Å². The third-order valence-electron chi connectivity index (χ3n) is 2.46. The van der Waals surface area contributed by atoms with Crippen molar-refractivity contribution in [3.63, 3.8) is 0 Å². The highest BCUT2D eigenvalue weighted by Crippen LogP contribution is 2.26. The normalized spacial score (nSPS) is 10.5. The highest BCUT2D eigenvalue weighted by molar-refractivity contribution is 5.64. The van der Waals surface area contributed by atoms with Gasteiger partial charge in [-0.05, 0) is 18.6 Å². The van der Waals surface area contributed by atoms with Gasteiger partial charge in [0.25, 0.3) is 0 Å². The average molecular weight is 253 g/mol. The van der Waals surface area contributed by atoms with Gasteiger partial charge in [0.1, 0.15) is 5.82 Å². The van der Waals surface area contributed by atoms with E-state index >= 15 is 0 Å². The molecule has 2 aromatic rings. The van der Waals surface area contributed by atoms with Gasteiger partial charge in [0.05, 0.1) is 5.69 Å². The maximum Gasteiger partial charge on any atom is 0.222 e. The SMILES string of the molecule is CNc1ncc(C)c(-c2cc(F)c(F)cc2F)n1. The fraction of sp³-hybridized carbons (Fsp3) is 0.167. The van der Waals surface area contributed by atoms with Crippen LogP contribution in [0.4, 0.5) is 19.1 Å². The van der Waals surface area contributed by atoms with Crippen LogP contribution >= 0.6 is 0 Å². The zero-order valence-electron chi connectivity index (χ0n) is 9.76. The Kier molecular flexibility index (Phi) is 3.18. The monoisotopic (exact) mass is 253 g/mol. The molecule has 0 fully saturated rings. The van der Waals surface area contributed by atoms with Gasteiger partial charge in [0.2, 0.25) is 5.95 Å². The molecular formula is C12H10F3N3. The third kappa shape index (κ3) is 2.13. The van der Waals surface area contributed by atoms with E-state index in [9.17, 15) is 13.2 Å². The van der Waals surface area contributed by atoms with Crippen LogP contribution in [0, 0.1) is 24.4 Å². The van der Waals surface area contributed by atoms with E-state index in [1.165, 1.54) is 6.20 Å². The van der Waals surface area contributed by atoms with Crippen LogP contribution in [0.15, 0.2) is 18.3 Å². The zero-order chi connectivity index (χ0) is 13.3. The minimum absolute atomic E-state index is 0.0923. The van der Waals surface area contributed by atoms with Gasteiger partial charge in [-0.15, -0.1) is 0 Å². The first-order valence-electron chi connectivity index (χ1n) is 5.19. The van der Waals surface area contributed by atoms with Gasteiger partial charge >= 0.3 is 0 Å². The van der Waals surface area contributed by atoms with Crippen LogP contribution in [0.25, 0.3) is 11.3 Å². The summed E-state index contributed by atoms with van der Waals surface area (Å²) < 4.78 is 39.7. The largest absolute Gasteiger partial charge is 0.357 e. The molecule has 1 aromatic heterocycles. The Labute approximate surface area is 102 Å². The molecule has 1 N–H and O–H groups in total. The number of nitrogens with one attached hydrogen (secondary N) is 1. The van der Waals surface area contributed by atoms with E-state index in [-0.39, 0.29) is 17.2 Å². The first-order valence-corrected chi connectivity index (χ1v) is 5.19. The Morgan fingerprint density at radius 2 is 1.72 bits per heavy atom. The molecule has 18 heavy (non-hydrogen) atoms. The highest BCUT2D eigenvalue weighted by Gasteiger charge is 2.15. The van der Waals surface area contributed by atoms with Crippen molar-refractivity contribution >= 4 is 5.95 Å². The van der Waals surface area contributed by atoms with Crippen molar-refractivity contribution in [3.8, 4) is 11.3 Å². The molecule has 0 aliphatic heterocycles. The Hall–Kier alpha value is -2.11. The van der Waals surface area contributed by atoms with Crippen molar-refractivity contribution in [1.29, 1.82) is 0 Å². The van der Waals surface area contributed by atoms with Crippen LogP contribution in [0.3, 0.4) is 0 Å². The van der Waals surface area contributed by atoms with Crippen molar-refractivity contribution in [1.82, 2.24) is 9.97 Å². The van der Waals surface area contributed by atoms with Crippen LogP contribution in [0.1, 0.15) is 5.56 Å². The van der Waals surface area contributed by atoms with E-state index < -0.39 is 17.5 Å². The number of aryl methyl sites for hydroxylation is 1. The molecule has 0 spiro atoms. The van der Waals surface area contributed by atoms with Crippen molar-refractivity contribution in [2.45, 2.75) is 6.92 Å². The predicted molar refractivity (Wildman–Crippen MR) is 61.6 cm³/mol. The number of hydrogen-bond acceptors (Lipinski definition) is 3. The molecule has 2 rings (SSSR count). The third-order valence-corrected chi connectivity index (χ3v) is 2.46. The summed E-state index contributed by atoms with van der Waals surface area (Å²) in [6.45, 7) is 1.66. The summed E-state index contributed by atoms with van der Waals surface area (Å²) in [4.78, 5) is 7.98. The van der Waals surface area contributed by atoms with Crippen molar-refractivity contribution in [2.75, 3.05) is 12.4 Å². The van der Waals surface area contributed by atoms with E-state index in [0.29, 0.717) is 11.6 Å². The number of anilines is 1. The lowest BCUT2D eigenvalue weighted by atomic mass is 10.1. The molecule has 0 aliphatic rings. The number of rotatable bonds is 2. The summed E-state index contributed by atoms with van der Waals surface area (Å²) >= 11 is 0. The quantitative estimate of drug-likeness (QED) is 0.836. The molecule has 1 aromatic carbocycles. The second kappa shape index (κ2) is 4.64. The maximum absolute atomic E-state index is 13.6. The molecule has 0 unspecified atom stereocenters. The summed E-state index contributed by atoms with van der Waals surface area (Å²) in [5.41, 5.74) is 0.704. The Balaban J connectivity index is 2.64. The molecular weight excluding hydrogens is 243 g/mol. The molecule has 0 amide bonds. The molecule has 0 atom stereocenters. The second-order valence-corrected chi connectivity index (χ2v) is 3.72. The van der Waals surface area contributed by atoms with Crippen LogP contribution in [-0.4, -0.2) is 17.0 Å². The van der Waals surface area contributed by atoms with Crippen LogP contribution < -0.4 is 5.32 Å². The molecule has 1 heterocycles. The molecule has 0 saturated heterocycles. The summed E-state index contributed by atoms with van der Waals surface area (Å²) in [6, 6.07) is 1.30. The Morgan fingerprint density at radius 1 is 1.06 bits per heavy atom. The van der Waals surface area contributed by atoms with Gasteiger partial charge in [-0.3, -0.25) is 0 Å². The minimum Gasteiger partial charge on any atom is -0.357 e. The summed E-state index contributed by atoms with van der Waals surface area (Å²) in [5, 5.41) is 2.70. The lowest BCUT2D eigenvalue weighted by molar-refractivity contribution is 0.496. The number of aromatic nitrogens is 2. The Morgan fingerprint density at radius 3 is 2.39 bits per heavy atom. The molecule has 0 saturated carbocycles. The summed E-state index contributed by atoms with van der Waals surface area (Å²) in [6.07, 6.45) is 1.48. The second-order valence-electron chi connectivity index (χ2n) is 3.72. The average Bonchev–Trinajstić information content (AvgIpc) is 2.35. The minimum atomic E-state index is -1.23. The van der Waals surface area contributed by atoms with E-state index in [4.69, 9.17) is 0 Å². The number of hydrogen-bond donors (Lipinski definition) is 1. The van der Waals surface area contributed by atoms with Crippen molar-refractivity contribution in [2.24, 2.45) is 0 Å². The molecule has 0 radical (unpaired) electrons. The van der Waals surface area contributed by atoms with E-state index in [0.717, 1.165) is 6.07 Å². The van der Waals surface area contributed by atoms with Gasteiger partial charge in [-0.2, -0.15) is 0 Å². The molecule has 3 nitrogen and oxygen atoms in total. The van der Waals surface area contributed by atoms with Gasteiger partial charge in [0, 0.05) is 24.9 Å². The first-order chi connectivity index (χ1) is 8.52. The fourth-order valence-corrected chi connectivity index (χ4v) is 1.54. The summed E-state index contributed by atoms with van der Waals surface area (Å²) in [5.74, 6) is -2.93. The number of halogens is 3. The zero-order valence-corrected chi connectivity index (χ0v) is 9.76. The van der Waals surface area contributed by atoms with E-state index in [1.54, 1.807) is 14.0 Å². The standard InChI is InChI=1S/C12H10F3N3/c1-6-5-17-12(16-2)18-11(6)7-3-9(14)10(15)4-8(7)13/h3-5H,1-2H3,(H,16,17,18). The lowest BCUT2D eigenvalue weighted by Crippen LogP contribution is -2.01. The first kappa shape index (κ1) is 12.3. The topological polar surface area (TPSA) is 37.8 Å². The van der Waals surface area contributed by atoms with Gasteiger partial charge in [0.15, 0.2) is 11.6 Å². The Bertz CT molecular complexity index is 599. The smallest absolute Gasteiger partial charge is 0.222 e. The molecule has 6 heteroatoms. The van der Waals surface area contributed by atoms with Crippen LogP contribution in [0.5, 0.6) is 0 Å². The lowest BCUT2D eigenvalue weighted by Gasteiger charge is -2.08. The molecule has 0 bridgehead atoms. The summed E-state index contributed by atoms with van der Waals surface area (Å²) in [7, 11) is 1.61. The van der Waals surface area contributed by atoms with Gasteiger partial charge in [-0.25, -0.2) is 23.1 Å². The number of nitrogens with zero attached hydrogens (tertiary/aromatic N) is 2. The maximum atomic E-state index is 13.6. The van der Waals surface area contributed by atoms with Crippen LogP contribution in [-0.2, 0) is 0 Å². The highest BCUT2D eigenvalue weighted by atomic mass is 19.2. The molecule has 94 valence electrons. The van der Waals surface area contributed by atoms with Crippen molar-refractivity contribution < 1.29 is 13.2 Å². The van der Waals surface area contributed by atoms with E-state index in [2.05, 4.69) is 15.3 Å². The van der Waals surface area contributed by atoms with E-state index in [1.807, 2.05) is 0 Å². The predicted octanol–water partition coefficient (Wildman–Crippen LogP) is 2.91. The van der Waals surface area contributed by atoms with Crippen LogP contribution in [0.2, 0.25) is 0 Å². The van der Waals surface area contributed by atoms with Crippen molar-refractivity contribution in [3.05, 3.63) is 41.3 Å².